The van der Waals surface area contributed by atoms with Gasteiger partial charge in [0.1, 0.15) is 5.75 Å². The fraction of sp³-hybridized carbons (Fsp3) is 0.0909. The average Bonchev–Trinajstić information content (AvgIpc) is 2.74. The molecule has 0 heterocycles. The van der Waals surface area contributed by atoms with Gasteiger partial charge in [-0.3, -0.25) is 9.59 Å². The van der Waals surface area contributed by atoms with E-state index < -0.39 is 17.9 Å². The van der Waals surface area contributed by atoms with Crippen LogP contribution in [0.25, 0.3) is 0 Å². The Morgan fingerprint density at radius 1 is 0.667 bits per heavy atom. The Hall–Kier alpha value is -1.86. The van der Waals surface area contributed by atoms with E-state index >= 15 is 0 Å². The number of methoxy groups -OCH3 is 1. The Kier molecular flexibility index (Phi) is 8.62. The second-order valence-corrected chi connectivity index (χ2v) is 8.95. The minimum absolute atomic E-state index is 0.0218. The number of halogens is 6. The van der Waals surface area contributed by atoms with Crippen molar-refractivity contribution in [3.63, 3.8) is 0 Å². The van der Waals surface area contributed by atoms with Crippen molar-refractivity contribution in [3.8, 4) is 17.2 Å². The van der Waals surface area contributed by atoms with Gasteiger partial charge < -0.3 is 14.2 Å². The van der Waals surface area contributed by atoms with Crippen molar-refractivity contribution >= 4 is 81.5 Å². The number of carbonyl (C=O) groups is 2. The molecule has 0 saturated heterocycles. The minimum atomic E-state index is -1.55. The van der Waals surface area contributed by atoms with Crippen LogP contribution in [0.1, 0.15) is 11.5 Å². The molecular weight excluding hydrogens is 557 g/mol. The molecule has 0 fully saturated rings. The molecule has 3 aromatic carbocycles. The third-order valence-electron chi connectivity index (χ3n) is 4.25. The monoisotopic (exact) mass is 566 g/mol. The largest absolute Gasteiger partial charge is 0.497 e. The predicted molar refractivity (Wildman–Crippen MR) is 130 cm³/mol. The van der Waals surface area contributed by atoms with Gasteiger partial charge in [0, 0.05) is 10.0 Å². The van der Waals surface area contributed by atoms with Gasteiger partial charge in [-0.1, -0.05) is 81.7 Å². The van der Waals surface area contributed by atoms with Gasteiger partial charge in [0.15, 0.2) is 17.4 Å². The lowest BCUT2D eigenvalue weighted by molar-refractivity contribution is -0.147. The van der Waals surface area contributed by atoms with Gasteiger partial charge >= 0.3 is 11.9 Å². The van der Waals surface area contributed by atoms with Crippen molar-refractivity contribution in [2.45, 2.75) is 5.92 Å². The standard InChI is InChI=1S/C22H12Cl6O5/c1-31-13-4-2-10(3-5-13)18(21(29)32-19-14(25)6-11(23)7-15(19)26)22(30)33-20-16(27)8-12(24)9-17(20)28/h2-9,18H,1H3. The van der Waals surface area contributed by atoms with Crippen LogP contribution in [0.5, 0.6) is 17.2 Å². The van der Waals surface area contributed by atoms with Gasteiger partial charge in [-0.05, 0) is 42.0 Å². The Morgan fingerprint density at radius 3 is 1.36 bits per heavy atom. The third-order valence-corrected chi connectivity index (χ3v) is 5.81. The van der Waals surface area contributed by atoms with Crippen LogP contribution in [0, 0.1) is 0 Å². The molecule has 0 amide bonds. The number of hydrogen-bond donors (Lipinski definition) is 0. The summed E-state index contributed by atoms with van der Waals surface area (Å²) >= 11 is 36.2. The van der Waals surface area contributed by atoms with Gasteiger partial charge in [-0.2, -0.15) is 0 Å². The smallest absolute Gasteiger partial charge is 0.330 e. The zero-order chi connectivity index (χ0) is 24.3. The van der Waals surface area contributed by atoms with Gasteiger partial charge in [0.05, 0.1) is 27.2 Å². The highest BCUT2D eigenvalue weighted by atomic mass is 35.5. The number of carbonyl (C=O) groups excluding carboxylic acids is 2. The number of esters is 2. The quantitative estimate of drug-likeness (QED) is 0.172. The first kappa shape index (κ1) is 25.8. The third kappa shape index (κ3) is 6.18. The molecule has 0 bridgehead atoms. The SMILES string of the molecule is COc1ccc(C(C(=O)Oc2c(Cl)cc(Cl)cc2Cl)C(=O)Oc2c(Cl)cc(Cl)cc2Cl)cc1. The molecule has 0 aliphatic rings. The maximum atomic E-state index is 13.1. The summed E-state index contributed by atoms with van der Waals surface area (Å²) in [7, 11) is 1.48. The van der Waals surface area contributed by atoms with Gasteiger partial charge in [0.2, 0.25) is 0 Å². The lowest BCUT2D eigenvalue weighted by Gasteiger charge is -2.18. The first-order chi connectivity index (χ1) is 15.6. The van der Waals surface area contributed by atoms with Crippen molar-refractivity contribution in [1.82, 2.24) is 0 Å². The average molecular weight is 569 g/mol. The van der Waals surface area contributed by atoms with Crippen LogP contribution in [0.4, 0.5) is 0 Å². The Morgan fingerprint density at radius 2 is 1.03 bits per heavy atom. The molecule has 0 aliphatic carbocycles. The molecule has 0 N–H and O–H groups in total. The molecule has 172 valence electrons. The molecule has 0 aliphatic heterocycles. The first-order valence-electron chi connectivity index (χ1n) is 8.97. The highest BCUT2D eigenvalue weighted by Gasteiger charge is 2.34. The zero-order valence-corrected chi connectivity index (χ0v) is 21.0. The van der Waals surface area contributed by atoms with Crippen molar-refractivity contribution in [3.05, 3.63) is 84.2 Å². The summed E-state index contributed by atoms with van der Waals surface area (Å²) < 4.78 is 15.8. The fourth-order valence-corrected chi connectivity index (χ4v) is 4.52. The summed E-state index contributed by atoms with van der Waals surface area (Å²) in [4.78, 5) is 26.2. The van der Waals surface area contributed by atoms with Crippen LogP contribution in [0.2, 0.25) is 30.1 Å². The van der Waals surface area contributed by atoms with E-state index in [4.69, 9.17) is 83.8 Å². The van der Waals surface area contributed by atoms with E-state index in [1.54, 1.807) is 12.1 Å². The molecule has 0 radical (unpaired) electrons. The number of benzene rings is 3. The van der Waals surface area contributed by atoms with E-state index in [9.17, 15) is 9.59 Å². The predicted octanol–water partition coefficient (Wildman–Crippen LogP) is 7.91. The van der Waals surface area contributed by atoms with Crippen LogP contribution in [-0.2, 0) is 9.59 Å². The van der Waals surface area contributed by atoms with Crippen LogP contribution in [0.15, 0.2) is 48.5 Å². The Balaban J connectivity index is 1.99. The molecular formula is C22H12Cl6O5. The van der Waals surface area contributed by atoms with E-state index in [1.165, 1.54) is 43.5 Å². The molecule has 5 nitrogen and oxygen atoms in total. The summed E-state index contributed by atoms with van der Waals surface area (Å²) in [6.07, 6.45) is 0. The first-order valence-corrected chi connectivity index (χ1v) is 11.2. The van der Waals surface area contributed by atoms with Gasteiger partial charge in [-0.25, -0.2) is 0 Å². The highest BCUT2D eigenvalue weighted by molar-refractivity contribution is 6.41. The molecule has 0 saturated carbocycles. The number of rotatable bonds is 6. The maximum Gasteiger partial charge on any atom is 0.330 e. The molecule has 0 unspecified atom stereocenters. The molecule has 11 heteroatoms. The zero-order valence-electron chi connectivity index (χ0n) is 16.5. The minimum Gasteiger partial charge on any atom is -0.497 e. The van der Waals surface area contributed by atoms with Gasteiger partial charge in [0.25, 0.3) is 0 Å². The van der Waals surface area contributed by atoms with Crippen molar-refractivity contribution < 1.29 is 23.8 Å². The molecule has 0 spiro atoms. The van der Waals surface area contributed by atoms with E-state index in [1.807, 2.05) is 0 Å². The van der Waals surface area contributed by atoms with Crippen molar-refractivity contribution in [1.29, 1.82) is 0 Å². The molecule has 3 aromatic rings. The van der Waals surface area contributed by atoms with Crippen LogP contribution in [-0.4, -0.2) is 19.0 Å². The van der Waals surface area contributed by atoms with E-state index in [2.05, 4.69) is 0 Å². The number of hydrogen-bond acceptors (Lipinski definition) is 5. The summed E-state index contributed by atoms with van der Waals surface area (Å²) in [5.41, 5.74) is 0.244. The maximum absolute atomic E-state index is 13.1. The lowest BCUT2D eigenvalue weighted by Crippen LogP contribution is -2.30. The van der Waals surface area contributed by atoms with Crippen LogP contribution in [0.3, 0.4) is 0 Å². The van der Waals surface area contributed by atoms with Crippen LogP contribution >= 0.6 is 69.6 Å². The molecule has 0 aromatic heterocycles. The van der Waals surface area contributed by atoms with Gasteiger partial charge in [-0.15, -0.1) is 0 Å². The summed E-state index contributed by atoms with van der Waals surface area (Å²) in [6.45, 7) is 0. The van der Waals surface area contributed by atoms with Crippen LogP contribution < -0.4 is 14.2 Å². The summed E-state index contributed by atoms with van der Waals surface area (Å²) in [5.74, 6) is -3.41. The van der Waals surface area contributed by atoms with Crippen molar-refractivity contribution in [2.75, 3.05) is 7.11 Å². The van der Waals surface area contributed by atoms with E-state index in [0.717, 1.165) is 0 Å². The topological polar surface area (TPSA) is 61.8 Å². The highest BCUT2D eigenvalue weighted by Crippen LogP contribution is 2.39. The summed E-state index contributed by atoms with van der Waals surface area (Å²) in [6, 6.07) is 11.5. The second kappa shape index (κ2) is 11.0. The normalized spacial score (nSPS) is 10.8. The molecule has 3 rings (SSSR count). The van der Waals surface area contributed by atoms with E-state index in [0.29, 0.717) is 5.75 Å². The van der Waals surface area contributed by atoms with Crippen molar-refractivity contribution in [2.24, 2.45) is 0 Å². The summed E-state index contributed by atoms with van der Waals surface area (Å²) in [5, 5.41) is 0.391. The van der Waals surface area contributed by atoms with E-state index in [-0.39, 0.29) is 47.2 Å². The second-order valence-electron chi connectivity index (χ2n) is 6.45. The Bertz CT molecular complexity index is 1090. The lowest BCUT2D eigenvalue weighted by atomic mass is 9.99. The molecule has 0 atom stereocenters. The Labute approximate surface area is 218 Å². The molecule has 33 heavy (non-hydrogen) atoms. The number of ether oxygens (including phenoxy) is 3. The fourth-order valence-electron chi connectivity index (χ4n) is 2.74.